The molecule has 1 aromatic carbocycles. The first-order valence-electron chi connectivity index (χ1n) is 6.50. The lowest BCUT2D eigenvalue weighted by Gasteiger charge is -2.40. The maximum atomic E-state index is 9.24. The molecule has 96 valence electrons. The van der Waals surface area contributed by atoms with Crippen LogP contribution in [0, 0.1) is 11.3 Å². The summed E-state index contributed by atoms with van der Waals surface area (Å²) in [5.41, 5.74) is 1.11. The van der Waals surface area contributed by atoms with Crippen LogP contribution in [0.2, 0.25) is 0 Å². The smallest absolute Gasteiger partial charge is 0.0837 e. The Labute approximate surface area is 114 Å². The fourth-order valence-electron chi connectivity index (χ4n) is 2.39. The highest BCUT2D eigenvalue weighted by Gasteiger charge is 2.35. The lowest BCUT2D eigenvalue weighted by Crippen LogP contribution is -2.44. The lowest BCUT2D eigenvalue weighted by atomic mass is 9.84. The van der Waals surface area contributed by atoms with Crippen LogP contribution >= 0.6 is 11.8 Å². The van der Waals surface area contributed by atoms with Crippen LogP contribution in [0.3, 0.4) is 0 Å². The van der Waals surface area contributed by atoms with E-state index in [1.54, 1.807) is 0 Å². The van der Waals surface area contributed by atoms with Crippen LogP contribution in [0.25, 0.3) is 0 Å². The number of hydrogen-bond donors (Lipinski definition) is 1. The Morgan fingerprint density at radius 3 is 2.61 bits per heavy atom. The monoisotopic (exact) mass is 260 g/mol. The van der Waals surface area contributed by atoms with Crippen LogP contribution in [-0.4, -0.2) is 24.1 Å². The summed E-state index contributed by atoms with van der Waals surface area (Å²) in [6.07, 6.45) is 6.16. The molecule has 0 aromatic heterocycles. The summed E-state index contributed by atoms with van der Waals surface area (Å²) in [6, 6.07) is 12.4. The molecule has 2 rings (SSSR count). The molecule has 1 atom stereocenters. The van der Waals surface area contributed by atoms with Crippen LogP contribution in [-0.2, 0) is 0 Å². The third-order valence-electron chi connectivity index (χ3n) is 3.85. The number of thioether (sulfide) groups is 1. The number of nitrogens with one attached hydrogen (secondary N) is 1. The van der Waals surface area contributed by atoms with Gasteiger partial charge in [-0.2, -0.15) is 17.0 Å². The molecular formula is C15H20N2S. The minimum atomic E-state index is -0.0369. The zero-order valence-corrected chi connectivity index (χ0v) is 11.7. The van der Waals surface area contributed by atoms with E-state index in [-0.39, 0.29) is 5.92 Å². The van der Waals surface area contributed by atoms with Crippen LogP contribution in [0.4, 0.5) is 0 Å². The Kier molecular flexibility index (Phi) is 4.68. The van der Waals surface area contributed by atoms with Gasteiger partial charge in [0.2, 0.25) is 0 Å². The van der Waals surface area contributed by atoms with E-state index in [0.717, 1.165) is 18.7 Å². The Morgan fingerprint density at radius 1 is 1.39 bits per heavy atom. The van der Waals surface area contributed by atoms with Crippen LogP contribution in [0.1, 0.15) is 30.7 Å². The molecule has 1 saturated carbocycles. The van der Waals surface area contributed by atoms with Crippen molar-refractivity contribution in [1.29, 1.82) is 5.26 Å². The molecular weight excluding hydrogens is 240 g/mol. The Morgan fingerprint density at radius 2 is 2.11 bits per heavy atom. The summed E-state index contributed by atoms with van der Waals surface area (Å²) in [6.45, 7) is 1.78. The predicted octanol–water partition coefficient (Wildman–Crippen LogP) is 3.17. The predicted molar refractivity (Wildman–Crippen MR) is 77.8 cm³/mol. The molecule has 2 nitrogen and oxygen atoms in total. The van der Waals surface area contributed by atoms with Gasteiger partial charge < -0.3 is 5.32 Å². The van der Waals surface area contributed by atoms with E-state index in [1.807, 2.05) is 42.1 Å². The molecule has 1 fully saturated rings. The van der Waals surface area contributed by atoms with Crippen molar-refractivity contribution < 1.29 is 0 Å². The fourth-order valence-corrected chi connectivity index (χ4v) is 3.34. The highest BCUT2D eigenvalue weighted by Crippen LogP contribution is 2.42. The quantitative estimate of drug-likeness (QED) is 0.853. The summed E-state index contributed by atoms with van der Waals surface area (Å²) in [5.74, 6) is -0.0369. The number of benzene rings is 1. The van der Waals surface area contributed by atoms with Gasteiger partial charge in [-0.1, -0.05) is 36.8 Å². The number of nitrogens with zero attached hydrogens (tertiary/aromatic N) is 1. The molecule has 0 radical (unpaired) electrons. The molecule has 18 heavy (non-hydrogen) atoms. The minimum absolute atomic E-state index is 0.0369. The van der Waals surface area contributed by atoms with Gasteiger partial charge in [-0.3, -0.25) is 0 Å². The normalized spacial score (nSPS) is 18.7. The topological polar surface area (TPSA) is 35.8 Å². The molecule has 0 heterocycles. The van der Waals surface area contributed by atoms with Crippen molar-refractivity contribution in [3.05, 3.63) is 35.9 Å². The molecule has 0 spiro atoms. The van der Waals surface area contributed by atoms with E-state index in [0.29, 0.717) is 4.75 Å². The third-order valence-corrected chi connectivity index (χ3v) is 5.27. The largest absolute Gasteiger partial charge is 0.314 e. The molecule has 1 N–H and O–H groups in total. The van der Waals surface area contributed by atoms with Crippen molar-refractivity contribution in [3.8, 4) is 6.07 Å². The van der Waals surface area contributed by atoms with Gasteiger partial charge in [0.15, 0.2) is 0 Å². The second kappa shape index (κ2) is 6.26. The number of nitriles is 1. The van der Waals surface area contributed by atoms with Gasteiger partial charge in [-0.25, -0.2) is 0 Å². The molecule has 0 bridgehead atoms. The van der Waals surface area contributed by atoms with Crippen LogP contribution in [0.15, 0.2) is 30.3 Å². The standard InChI is InChI=1S/C15H20N2S/c1-18-15(8-5-9-15)12-17-11-14(10-16)13-6-3-2-4-7-13/h2-4,6-7,14,17H,5,8-9,11-12H2,1H3. The minimum Gasteiger partial charge on any atom is -0.314 e. The van der Waals surface area contributed by atoms with E-state index in [2.05, 4.69) is 17.6 Å². The molecule has 1 aliphatic rings. The maximum absolute atomic E-state index is 9.24. The van der Waals surface area contributed by atoms with E-state index >= 15 is 0 Å². The van der Waals surface area contributed by atoms with E-state index in [9.17, 15) is 5.26 Å². The van der Waals surface area contributed by atoms with Gasteiger partial charge in [0.25, 0.3) is 0 Å². The highest BCUT2D eigenvalue weighted by molar-refractivity contribution is 8.00. The molecule has 0 aliphatic heterocycles. The van der Waals surface area contributed by atoms with Crippen molar-refractivity contribution in [2.24, 2.45) is 0 Å². The molecule has 1 unspecified atom stereocenters. The van der Waals surface area contributed by atoms with Gasteiger partial charge in [-0.15, -0.1) is 0 Å². The summed E-state index contributed by atoms with van der Waals surface area (Å²) < 4.78 is 0.441. The number of hydrogen-bond acceptors (Lipinski definition) is 3. The lowest BCUT2D eigenvalue weighted by molar-refractivity contribution is 0.345. The van der Waals surface area contributed by atoms with E-state index in [4.69, 9.17) is 0 Å². The summed E-state index contributed by atoms with van der Waals surface area (Å²) in [4.78, 5) is 0. The third kappa shape index (κ3) is 3.07. The van der Waals surface area contributed by atoms with Gasteiger partial charge in [0.1, 0.15) is 0 Å². The van der Waals surface area contributed by atoms with E-state index < -0.39 is 0 Å². The van der Waals surface area contributed by atoms with Gasteiger partial charge in [0.05, 0.1) is 12.0 Å². The Balaban J connectivity index is 1.83. The number of rotatable bonds is 6. The Bertz CT molecular complexity index is 401. The first kappa shape index (κ1) is 13.5. The summed E-state index contributed by atoms with van der Waals surface area (Å²) in [7, 11) is 0. The van der Waals surface area contributed by atoms with Crippen molar-refractivity contribution in [3.63, 3.8) is 0 Å². The first-order chi connectivity index (χ1) is 8.79. The molecule has 1 aliphatic carbocycles. The average molecular weight is 260 g/mol. The van der Waals surface area contributed by atoms with Crippen molar-refractivity contribution in [2.45, 2.75) is 29.9 Å². The van der Waals surface area contributed by atoms with Gasteiger partial charge in [0, 0.05) is 17.8 Å². The zero-order chi connectivity index (χ0) is 12.8. The second-order valence-electron chi connectivity index (χ2n) is 4.96. The second-order valence-corrected chi connectivity index (χ2v) is 6.24. The Hall–Kier alpha value is -0.980. The molecule has 0 saturated heterocycles. The van der Waals surface area contributed by atoms with E-state index in [1.165, 1.54) is 19.3 Å². The molecule has 3 heteroatoms. The SMILES string of the molecule is CSC1(CNCC(C#N)c2ccccc2)CCC1. The van der Waals surface area contributed by atoms with Crippen molar-refractivity contribution in [1.82, 2.24) is 5.32 Å². The summed E-state index contributed by atoms with van der Waals surface area (Å²) in [5, 5.41) is 12.7. The fraction of sp³-hybridized carbons (Fsp3) is 0.533. The highest BCUT2D eigenvalue weighted by atomic mass is 32.2. The molecule has 0 amide bonds. The van der Waals surface area contributed by atoms with Gasteiger partial charge >= 0.3 is 0 Å². The van der Waals surface area contributed by atoms with Crippen molar-refractivity contribution >= 4 is 11.8 Å². The average Bonchev–Trinajstić information content (AvgIpc) is 2.38. The van der Waals surface area contributed by atoms with Crippen LogP contribution in [0.5, 0.6) is 0 Å². The zero-order valence-electron chi connectivity index (χ0n) is 10.9. The van der Waals surface area contributed by atoms with Gasteiger partial charge in [-0.05, 0) is 24.7 Å². The first-order valence-corrected chi connectivity index (χ1v) is 7.72. The molecule has 1 aromatic rings. The summed E-state index contributed by atoms with van der Waals surface area (Å²) >= 11 is 1.97. The maximum Gasteiger partial charge on any atom is 0.0837 e. The van der Waals surface area contributed by atoms with Crippen molar-refractivity contribution in [2.75, 3.05) is 19.3 Å². The van der Waals surface area contributed by atoms with Crippen LogP contribution < -0.4 is 5.32 Å².